The van der Waals surface area contributed by atoms with Crippen molar-refractivity contribution in [1.29, 1.82) is 0 Å². The van der Waals surface area contributed by atoms with Crippen LogP contribution in [0.15, 0.2) is 35.9 Å². The highest BCUT2D eigenvalue weighted by Gasteiger charge is 2.27. The second kappa shape index (κ2) is 5.37. The number of hydrogen-bond donors (Lipinski definition) is 2. The molecule has 1 aliphatic rings. The van der Waals surface area contributed by atoms with E-state index < -0.39 is 13.0 Å². The smallest absolute Gasteiger partial charge is 0.376 e. The molecule has 2 rings (SSSR count). The van der Waals surface area contributed by atoms with Gasteiger partial charge in [0.05, 0.1) is 0 Å². The van der Waals surface area contributed by atoms with Crippen molar-refractivity contribution in [3.05, 3.63) is 41.5 Å². The molecule has 1 aromatic rings. The highest BCUT2D eigenvalue weighted by atomic mass is 16.4. The topological polar surface area (TPSA) is 60.8 Å². The number of hydrogen-bond acceptors (Lipinski definition) is 3. The lowest BCUT2D eigenvalue weighted by atomic mass is 9.80. The maximum Gasteiger partial charge on any atom is 0.376 e. The Hall–Kier alpha value is -1.59. The Morgan fingerprint density at radius 2 is 2.00 bits per heavy atom. The molecule has 0 spiro atoms. The van der Waals surface area contributed by atoms with Crippen LogP contribution in [0.25, 0.3) is 5.57 Å². The van der Waals surface area contributed by atoms with E-state index in [1.54, 1.807) is 6.82 Å². The fourth-order valence-corrected chi connectivity index (χ4v) is 2.24. The van der Waals surface area contributed by atoms with Crippen molar-refractivity contribution in [1.82, 2.24) is 4.81 Å². The zero-order valence-electron chi connectivity index (χ0n) is 10.3. The summed E-state index contributed by atoms with van der Waals surface area (Å²) in [6.07, 6.45) is 0.463. The summed E-state index contributed by atoms with van der Waals surface area (Å²) in [6, 6.07) is 9.50. The summed E-state index contributed by atoms with van der Waals surface area (Å²) in [5, 5.41) is 18.9. The molecular weight excluding hydrogens is 229 g/mol. The van der Waals surface area contributed by atoms with Crippen LogP contribution in [0.5, 0.6) is 0 Å². The molecule has 4 nitrogen and oxygen atoms in total. The molecule has 0 unspecified atom stereocenters. The molecule has 0 saturated carbocycles. The van der Waals surface area contributed by atoms with Gasteiger partial charge in [0, 0.05) is 12.1 Å². The molecule has 1 aliphatic heterocycles. The van der Waals surface area contributed by atoms with Crippen LogP contribution in [-0.2, 0) is 4.79 Å². The largest absolute Gasteiger partial charge is 0.478 e. The van der Waals surface area contributed by atoms with E-state index in [1.165, 1.54) is 0 Å². The van der Waals surface area contributed by atoms with E-state index in [0.29, 0.717) is 25.1 Å². The predicted octanol–water partition coefficient (Wildman–Crippen LogP) is 1.34. The minimum Gasteiger partial charge on any atom is -0.478 e. The van der Waals surface area contributed by atoms with Crippen LogP contribution in [-0.4, -0.2) is 41.1 Å². The fourth-order valence-electron chi connectivity index (χ4n) is 2.24. The number of benzene rings is 1. The molecule has 5 heteroatoms. The number of carboxylic acid groups (broad SMARTS) is 1. The lowest BCUT2D eigenvalue weighted by molar-refractivity contribution is -0.132. The Balaban J connectivity index is 2.39. The number of nitrogens with zero attached hydrogens (tertiary/aromatic N) is 1. The minimum absolute atomic E-state index is 0.457. The first-order valence-electron chi connectivity index (χ1n) is 6.02. The first-order chi connectivity index (χ1) is 8.59. The average Bonchev–Trinajstić information content (AvgIpc) is 2.39. The summed E-state index contributed by atoms with van der Waals surface area (Å²) < 4.78 is 0. The number of carboxylic acids is 1. The van der Waals surface area contributed by atoms with Gasteiger partial charge in [-0.1, -0.05) is 30.3 Å². The van der Waals surface area contributed by atoms with E-state index in [4.69, 9.17) is 0 Å². The number of rotatable bonds is 3. The molecule has 0 atom stereocenters. The molecule has 0 aliphatic carbocycles. The van der Waals surface area contributed by atoms with Gasteiger partial charge in [0.2, 0.25) is 0 Å². The molecule has 1 aromatic carbocycles. The first kappa shape index (κ1) is 12.9. The van der Waals surface area contributed by atoms with Crippen LogP contribution in [0, 0.1) is 0 Å². The van der Waals surface area contributed by atoms with E-state index in [-0.39, 0.29) is 0 Å². The van der Waals surface area contributed by atoms with Crippen LogP contribution >= 0.6 is 0 Å². The Kier molecular flexibility index (Phi) is 3.84. The standard InChI is InChI=1S/C13H16BNO3/c1-14(18)15-8-7-11(13(16)17)12(9-15)10-5-3-2-4-6-10/h2-6,18H,7-9H2,1H3,(H,16,17). The molecule has 18 heavy (non-hydrogen) atoms. The van der Waals surface area contributed by atoms with Crippen molar-refractivity contribution in [3.8, 4) is 0 Å². The third kappa shape index (κ3) is 2.63. The Bertz CT molecular complexity index is 470. The van der Waals surface area contributed by atoms with Crippen molar-refractivity contribution >= 4 is 18.6 Å². The van der Waals surface area contributed by atoms with E-state index in [1.807, 2.05) is 35.1 Å². The molecule has 0 fully saturated rings. The van der Waals surface area contributed by atoms with Crippen molar-refractivity contribution < 1.29 is 14.9 Å². The van der Waals surface area contributed by atoms with Gasteiger partial charge in [0.25, 0.3) is 0 Å². The van der Waals surface area contributed by atoms with Crippen LogP contribution in [0.2, 0.25) is 6.82 Å². The predicted molar refractivity (Wildman–Crippen MR) is 71.0 cm³/mol. The van der Waals surface area contributed by atoms with E-state index in [9.17, 15) is 14.9 Å². The normalized spacial score (nSPS) is 16.8. The molecule has 94 valence electrons. The minimum atomic E-state index is -0.862. The molecule has 2 N–H and O–H groups in total. The van der Waals surface area contributed by atoms with Crippen LogP contribution < -0.4 is 0 Å². The molecule has 0 amide bonds. The zero-order chi connectivity index (χ0) is 13.1. The van der Waals surface area contributed by atoms with Gasteiger partial charge in [-0.05, 0) is 30.9 Å². The van der Waals surface area contributed by atoms with Crippen LogP contribution in [0.3, 0.4) is 0 Å². The number of aliphatic carboxylic acids is 1. The van der Waals surface area contributed by atoms with E-state index in [2.05, 4.69) is 0 Å². The second-order valence-corrected chi connectivity index (χ2v) is 4.48. The number of carbonyl (C=O) groups is 1. The molecular formula is C13H16BNO3. The highest BCUT2D eigenvalue weighted by Crippen LogP contribution is 2.27. The van der Waals surface area contributed by atoms with Gasteiger partial charge in [-0.15, -0.1) is 0 Å². The third-order valence-electron chi connectivity index (χ3n) is 3.28. The van der Waals surface area contributed by atoms with Crippen molar-refractivity contribution in [2.24, 2.45) is 0 Å². The van der Waals surface area contributed by atoms with E-state index in [0.717, 1.165) is 11.1 Å². The highest BCUT2D eigenvalue weighted by molar-refractivity contribution is 6.45. The molecule has 1 heterocycles. The van der Waals surface area contributed by atoms with Gasteiger partial charge in [-0.25, -0.2) is 4.79 Å². The van der Waals surface area contributed by atoms with Gasteiger partial charge >= 0.3 is 13.0 Å². The summed E-state index contributed by atoms with van der Waals surface area (Å²) in [6.45, 7) is 2.76. The summed E-state index contributed by atoms with van der Waals surface area (Å²) in [5.41, 5.74) is 2.17. The summed E-state index contributed by atoms with van der Waals surface area (Å²) >= 11 is 0. The van der Waals surface area contributed by atoms with Crippen molar-refractivity contribution in [2.45, 2.75) is 13.2 Å². The van der Waals surface area contributed by atoms with Gasteiger partial charge in [0.15, 0.2) is 0 Å². The zero-order valence-corrected chi connectivity index (χ0v) is 10.3. The Morgan fingerprint density at radius 3 is 2.56 bits per heavy atom. The summed E-state index contributed by atoms with van der Waals surface area (Å²) in [4.78, 5) is 13.1. The first-order valence-corrected chi connectivity index (χ1v) is 6.02. The molecule has 0 bridgehead atoms. The maximum atomic E-state index is 11.3. The monoisotopic (exact) mass is 245 g/mol. The molecule has 0 saturated heterocycles. The Morgan fingerprint density at radius 1 is 1.33 bits per heavy atom. The fraction of sp³-hybridized carbons (Fsp3) is 0.308. The summed E-state index contributed by atoms with van der Waals surface area (Å²) in [7, 11) is -0.556. The van der Waals surface area contributed by atoms with Gasteiger partial charge in [0.1, 0.15) is 0 Å². The van der Waals surface area contributed by atoms with Crippen LogP contribution in [0.4, 0.5) is 0 Å². The molecule has 0 aromatic heterocycles. The SMILES string of the molecule is CB(O)N1CCC(C(=O)O)=C(c2ccccc2)C1. The lowest BCUT2D eigenvalue weighted by Gasteiger charge is -2.30. The lowest BCUT2D eigenvalue weighted by Crippen LogP contribution is -2.42. The quantitative estimate of drug-likeness (QED) is 0.789. The average molecular weight is 245 g/mol. The van der Waals surface area contributed by atoms with Gasteiger partial charge in [-0.2, -0.15) is 0 Å². The summed E-state index contributed by atoms with van der Waals surface area (Å²) in [5.74, 6) is -0.862. The third-order valence-corrected chi connectivity index (χ3v) is 3.28. The Labute approximate surface area is 107 Å². The molecule has 0 radical (unpaired) electrons. The van der Waals surface area contributed by atoms with Crippen LogP contribution in [0.1, 0.15) is 12.0 Å². The van der Waals surface area contributed by atoms with Gasteiger partial charge < -0.3 is 14.9 Å². The van der Waals surface area contributed by atoms with Crippen molar-refractivity contribution in [2.75, 3.05) is 13.1 Å². The van der Waals surface area contributed by atoms with Gasteiger partial charge in [-0.3, -0.25) is 0 Å². The maximum absolute atomic E-state index is 11.3. The second-order valence-electron chi connectivity index (χ2n) is 4.48. The van der Waals surface area contributed by atoms with E-state index >= 15 is 0 Å². The van der Waals surface area contributed by atoms with Crippen molar-refractivity contribution in [3.63, 3.8) is 0 Å².